The van der Waals surface area contributed by atoms with Gasteiger partial charge in [-0.2, -0.15) is 0 Å². The number of para-hydroxylation sites is 3. The molecule has 0 saturated heterocycles. The minimum absolute atomic E-state index is 0. The topological polar surface area (TPSA) is 44.3 Å². The summed E-state index contributed by atoms with van der Waals surface area (Å²) in [6.45, 7) is 0. The van der Waals surface area contributed by atoms with E-state index < -0.39 is 0 Å². The maximum absolute atomic E-state index is 5.34. The van der Waals surface area contributed by atoms with Gasteiger partial charge in [0.2, 0.25) is 0 Å². The Morgan fingerprint density at radius 2 is 1.16 bits per heavy atom. The van der Waals surface area contributed by atoms with E-state index in [1.807, 2.05) is 6.07 Å². The van der Waals surface area contributed by atoms with E-state index in [4.69, 9.17) is 15.0 Å². The molecule has 0 amide bonds. The summed E-state index contributed by atoms with van der Waals surface area (Å²) in [6.07, 6.45) is 0. The summed E-state index contributed by atoms with van der Waals surface area (Å²) in [7, 11) is 0. The minimum Gasteiger partial charge on any atom is -0.656 e. The zero-order valence-electron chi connectivity index (χ0n) is 23.8. The van der Waals surface area contributed by atoms with Crippen molar-refractivity contribution in [1.29, 1.82) is 0 Å². The molecular weight excluding hydrogens is 732 g/mol. The molecule has 0 spiro atoms. The Morgan fingerprint density at radius 3 is 1.98 bits per heavy atom. The first-order chi connectivity index (χ1) is 21.8. The van der Waals surface area contributed by atoms with Crippen LogP contribution in [0.15, 0.2) is 133 Å². The minimum atomic E-state index is 0. The number of hydrogen-bond acceptors (Lipinski definition) is 2. The molecule has 0 aliphatic heterocycles. The van der Waals surface area contributed by atoms with Crippen molar-refractivity contribution in [3.63, 3.8) is 0 Å². The van der Waals surface area contributed by atoms with E-state index in [2.05, 4.69) is 138 Å². The van der Waals surface area contributed by atoms with Crippen molar-refractivity contribution in [2.24, 2.45) is 0 Å². The van der Waals surface area contributed by atoms with Gasteiger partial charge in [-0.15, -0.1) is 40.7 Å². The fourth-order valence-electron chi connectivity index (χ4n) is 6.86. The molecule has 0 saturated carbocycles. The van der Waals surface area contributed by atoms with Crippen LogP contribution in [0, 0.1) is 6.07 Å². The second kappa shape index (κ2) is 9.85. The SMILES string of the molecule is [Pt+2].[c-]1c2cccc1n1c3ccccc3c3ccc(nc31)c1cccc3c4cccc(c5cc(-c6ccccc6)cc2n5)c4[n-]c13. The van der Waals surface area contributed by atoms with Crippen molar-refractivity contribution < 1.29 is 21.1 Å². The van der Waals surface area contributed by atoms with Crippen molar-refractivity contribution in [3.8, 4) is 11.1 Å². The van der Waals surface area contributed by atoms with Crippen LogP contribution in [0.25, 0.3) is 93.1 Å². The number of pyridine rings is 2. The summed E-state index contributed by atoms with van der Waals surface area (Å²) < 4.78 is 2.23. The van der Waals surface area contributed by atoms with Crippen LogP contribution in [0.3, 0.4) is 0 Å². The van der Waals surface area contributed by atoms with Crippen molar-refractivity contribution in [2.75, 3.05) is 0 Å². The quantitative estimate of drug-likeness (QED) is 0.157. The number of rotatable bonds is 1. The number of benzene rings is 5. The van der Waals surface area contributed by atoms with Gasteiger partial charge in [0.15, 0.2) is 0 Å². The predicted molar refractivity (Wildman–Crippen MR) is 182 cm³/mol. The van der Waals surface area contributed by atoms with Crippen LogP contribution in [-0.4, -0.2) is 14.4 Å². The van der Waals surface area contributed by atoms with Crippen molar-refractivity contribution in [1.82, 2.24) is 19.4 Å². The molecule has 5 heteroatoms. The van der Waals surface area contributed by atoms with E-state index in [-0.39, 0.29) is 21.1 Å². The molecule has 0 N–H and O–H groups in total. The zero-order chi connectivity index (χ0) is 28.8. The summed E-state index contributed by atoms with van der Waals surface area (Å²) in [5.41, 5.74) is 9.70. The van der Waals surface area contributed by atoms with E-state index in [0.717, 1.165) is 93.1 Å². The van der Waals surface area contributed by atoms with Crippen molar-refractivity contribution >= 4 is 82.0 Å². The maximum atomic E-state index is 5.34. The van der Waals surface area contributed by atoms with Crippen LogP contribution in [-0.2, 0) is 21.1 Å². The average Bonchev–Trinajstić information content (AvgIpc) is 3.64. The second-order valence-corrected chi connectivity index (χ2v) is 11.4. The molecule has 10 rings (SSSR count). The molecule has 10 aromatic rings. The Kier molecular flexibility index (Phi) is 5.72. The first-order valence-corrected chi connectivity index (χ1v) is 14.8. The van der Waals surface area contributed by atoms with Crippen LogP contribution in [0.5, 0.6) is 0 Å². The first kappa shape index (κ1) is 26.1. The molecule has 5 heterocycles. The maximum Gasteiger partial charge on any atom is 2.00 e. The van der Waals surface area contributed by atoms with Crippen LogP contribution in [0.4, 0.5) is 0 Å². The van der Waals surface area contributed by atoms with E-state index in [0.29, 0.717) is 0 Å². The number of hydrogen-bond donors (Lipinski definition) is 0. The molecular formula is C40H22N4Pt. The molecule has 0 aliphatic carbocycles. The van der Waals surface area contributed by atoms with Crippen molar-refractivity contribution in [2.45, 2.75) is 0 Å². The van der Waals surface area contributed by atoms with Gasteiger partial charge in [-0.1, -0.05) is 91.0 Å². The second-order valence-electron chi connectivity index (χ2n) is 11.4. The van der Waals surface area contributed by atoms with Crippen LogP contribution < -0.4 is 4.98 Å². The summed E-state index contributed by atoms with van der Waals surface area (Å²) >= 11 is 0. The van der Waals surface area contributed by atoms with Crippen LogP contribution in [0.2, 0.25) is 0 Å². The number of fused-ring (bicyclic) bond motifs is 13. The molecule has 4 nitrogen and oxygen atoms in total. The van der Waals surface area contributed by atoms with Gasteiger partial charge < -0.3 is 9.38 Å². The summed E-state index contributed by atoms with van der Waals surface area (Å²) in [6, 6.07) is 50.5. The Balaban J connectivity index is 0.00000281. The number of nitrogens with zero attached hydrogens (tertiary/aromatic N) is 4. The molecule has 5 aromatic carbocycles. The molecule has 0 atom stereocenters. The fraction of sp³-hybridized carbons (Fsp3) is 0. The molecule has 45 heavy (non-hydrogen) atoms. The molecule has 0 aliphatic rings. The third-order valence-electron chi connectivity index (χ3n) is 8.89. The van der Waals surface area contributed by atoms with Gasteiger partial charge in [-0.05, 0) is 68.0 Å². The Bertz CT molecular complexity index is 2830. The smallest absolute Gasteiger partial charge is 0.656 e. The third kappa shape index (κ3) is 3.82. The molecule has 8 bridgehead atoms. The molecule has 0 fully saturated rings. The normalized spacial score (nSPS) is 11.8. The van der Waals surface area contributed by atoms with Gasteiger partial charge in [-0.3, -0.25) is 4.98 Å². The molecule has 0 radical (unpaired) electrons. The van der Waals surface area contributed by atoms with Gasteiger partial charge in [0.25, 0.3) is 0 Å². The molecule has 0 unspecified atom stereocenters. The van der Waals surface area contributed by atoms with Gasteiger partial charge in [0, 0.05) is 10.8 Å². The summed E-state index contributed by atoms with van der Waals surface area (Å²) in [5.74, 6) is 0. The first-order valence-electron chi connectivity index (χ1n) is 14.8. The van der Waals surface area contributed by atoms with Crippen LogP contribution >= 0.6 is 0 Å². The monoisotopic (exact) mass is 753 g/mol. The predicted octanol–water partition coefficient (Wildman–Crippen LogP) is 9.79. The van der Waals surface area contributed by atoms with Crippen molar-refractivity contribution in [3.05, 3.63) is 140 Å². The Hall–Kier alpha value is -5.31. The standard InChI is InChI=1S/C40H22N4.Pt/c1-2-9-24(10-3-1)26-22-35-25-11-6-12-27(21-25)44-37-18-5-4-13-28(37)31-19-20-34(42-40(31)44)32-16-7-14-29-30-15-8-17-33(36(23-26)41-35)39(30)43-38(29)32;/h1-20,22-23H;/q-2;+2. The zero-order valence-corrected chi connectivity index (χ0v) is 26.1. The Morgan fingerprint density at radius 1 is 0.489 bits per heavy atom. The average molecular weight is 754 g/mol. The van der Waals surface area contributed by atoms with Gasteiger partial charge in [0.05, 0.1) is 16.6 Å². The van der Waals surface area contributed by atoms with E-state index in [1.54, 1.807) is 0 Å². The van der Waals surface area contributed by atoms with E-state index in [1.165, 1.54) is 0 Å². The third-order valence-corrected chi connectivity index (χ3v) is 8.89. The van der Waals surface area contributed by atoms with E-state index in [9.17, 15) is 0 Å². The molecule has 212 valence electrons. The Labute approximate surface area is 271 Å². The van der Waals surface area contributed by atoms with E-state index >= 15 is 0 Å². The fourth-order valence-corrected chi connectivity index (χ4v) is 6.86. The summed E-state index contributed by atoms with van der Waals surface area (Å²) in [4.78, 5) is 15.9. The van der Waals surface area contributed by atoms with Gasteiger partial charge in [-0.25, -0.2) is 4.98 Å². The van der Waals surface area contributed by atoms with Gasteiger partial charge in [0.1, 0.15) is 5.65 Å². The number of aromatic nitrogens is 4. The van der Waals surface area contributed by atoms with Gasteiger partial charge >= 0.3 is 21.1 Å². The van der Waals surface area contributed by atoms with Crippen LogP contribution in [0.1, 0.15) is 0 Å². The molecule has 5 aromatic heterocycles. The largest absolute Gasteiger partial charge is 2.00 e. The summed E-state index contributed by atoms with van der Waals surface area (Å²) in [5, 5.41) is 7.45.